The molecule has 22 heavy (non-hydrogen) atoms. The fourth-order valence-electron chi connectivity index (χ4n) is 2.14. The summed E-state index contributed by atoms with van der Waals surface area (Å²) in [5.41, 5.74) is 0.663. The Labute approximate surface area is 126 Å². The minimum absolute atomic E-state index is 0.0767. The van der Waals surface area contributed by atoms with E-state index in [1.807, 2.05) is 6.92 Å². The monoisotopic (exact) mass is 304 g/mol. The van der Waals surface area contributed by atoms with Gasteiger partial charge in [-0.1, -0.05) is 18.2 Å². The van der Waals surface area contributed by atoms with Crippen LogP contribution in [0.4, 0.5) is 5.69 Å². The van der Waals surface area contributed by atoms with Gasteiger partial charge in [0, 0.05) is 25.6 Å². The molecule has 0 aliphatic rings. The van der Waals surface area contributed by atoms with Crippen molar-refractivity contribution < 1.29 is 9.72 Å². The van der Waals surface area contributed by atoms with E-state index in [1.165, 1.54) is 17.0 Å². The molecule has 9 nitrogen and oxygen atoms in total. The average Bonchev–Trinajstić information content (AvgIpc) is 3.00. The second kappa shape index (κ2) is 6.29. The van der Waals surface area contributed by atoms with Crippen LogP contribution < -0.4 is 0 Å². The molecule has 0 radical (unpaired) electrons. The van der Waals surface area contributed by atoms with E-state index in [2.05, 4.69) is 20.6 Å². The number of H-pyrrole nitrogens is 1. The van der Waals surface area contributed by atoms with Crippen LogP contribution >= 0.6 is 0 Å². The van der Waals surface area contributed by atoms with Crippen LogP contribution in [0.25, 0.3) is 0 Å². The van der Waals surface area contributed by atoms with Crippen LogP contribution in [-0.2, 0) is 0 Å². The lowest BCUT2D eigenvalue weighted by Gasteiger charge is -2.20. The number of hydrogen-bond acceptors (Lipinski definition) is 6. The van der Waals surface area contributed by atoms with Crippen molar-refractivity contribution in [3.8, 4) is 0 Å². The number of nitrogens with one attached hydrogen (secondary N) is 1. The molecule has 0 unspecified atom stereocenters. The van der Waals surface area contributed by atoms with Gasteiger partial charge in [-0.15, -0.1) is 10.2 Å². The number of aromatic nitrogens is 4. The summed E-state index contributed by atoms with van der Waals surface area (Å²) in [6.07, 6.45) is 0. The molecule has 0 spiro atoms. The fraction of sp³-hybridized carbons (Fsp3) is 0.385. The Morgan fingerprint density at radius 3 is 2.82 bits per heavy atom. The summed E-state index contributed by atoms with van der Waals surface area (Å²) in [4.78, 5) is 24.4. The van der Waals surface area contributed by atoms with Crippen molar-refractivity contribution in [1.29, 1.82) is 0 Å². The maximum Gasteiger partial charge on any atom is 0.282 e. The van der Waals surface area contributed by atoms with Gasteiger partial charge in [0.25, 0.3) is 11.6 Å². The summed E-state index contributed by atoms with van der Waals surface area (Å²) in [5, 5.41) is 24.6. The Morgan fingerprint density at radius 1 is 1.50 bits per heavy atom. The summed E-state index contributed by atoms with van der Waals surface area (Å²) < 4.78 is 0. The fourth-order valence-corrected chi connectivity index (χ4v) is 2.14. The van der Waals surface area contributed by atoms with Crippen molar-refractivity contribution >= 4 is 11.6 Å². The number of nitrogens with zero attached hydrogens (tertiary/aromatic N) is 5. The van der Waals surface area contributed by atoms with Gasteiger partial charge in [-0.3, -0.25) is 14.9 Å². The summed E-state index contributed by atoms with van der Waals surface area (Å²) in [6, 6.07) is 4.48. The number of carbonyl (C=O) groups excluding carboxylic acids is 1. The number of nitro benzene ring substituents is 1. The van der Waals surface area contributed by atoms with Crippen molar-refractivity contribution in [2.75, 3.05) is 13.6 Å². The van der Waals surface area contributed by atoms with Crippen LogP contribution in [0.5, 0.6) is 0 Å². The van der Waals surface area contributed by atoms with E-state index in [0.29, 0.717) is 12.4 Å². The Kier molecular flexibility index (Phi) is 4.44. The number of nitro groups is 1. The third-order valence-corrected chi connectivity index (χ3v) is 3.28. The number of benzene rings is 1. The number of aryl methyl sites for hydroxylation is 1. The third kappa shape index (κ3) is 3.25. The van der Waals surface area contributed by atoms with Gasteiger partial charge in [0.05, 0.1) is 4.92 Å². The van der Waals surface area contributed by atoms with E-state index >= 15 is 0 Å². The highest BCUT2D eigenvalue weighted by atomic mass is 16.6. The molecule has 9 heteroatoms. The second-order valence-corrected chi connectivity index (χ2v) is 5.13. The lowest BCUT2D eigenvalue weighted by Crippen LogP contribution is -2.31. The minimum Gasteiger partial charge on any atom is -0.341 e. The molecule has 0 aliphatic carbocycles. The van der Waals surface area contributed by atoms with Crippen molar-refractivity contribution in [3.05, 3.63) is 45.3 Å². The van der Waals surface area contributed by atoms with Gasteiger partial charge in [-0.25, -0.2) is 0 Å². The average molecular weight is 304 g/mol. The molecule has 0 aliphatic heterocycles. The maximum absolute atomic E-state index is 12.5. The molecular weight excluding hydrogens is 288 g/mol. The largest absolute Gasteiger partial charge is 0.341 e. The molecular formula is C13H16N6O3. The molecule has 1 N–H and O–H groups in total. The lowest BCUT2D eigenvalue weighted by molar-refractivity contribution is -0.385. The maximum atomic E-state index is 12.5. The molecule has 116 valence electrons. The minimum atomic E-state index is -0.552. The first-order valence-electron chi connectivity index (χ1n) is 6.64. The van der Waals surface area contributed by atoms with Crippen LogP contribution in [0.2, 0.25) is 0 Å². The normalized spacial score (nSPS) is 12.0. The highest BCUT2D eigenvalue weighted by Gasteiger charge is 2.24. The van der Waals surface area contributed by atoms with Crippen LogP contribution in [0.3, 0.4) is 0 Å². The second-order valence-electron chi connectivity index (χ2n) is 5.13. The zero-order chi connectivity index (χ0) is 16.3. The standard InChI is InChI=1S/C13H16N6O3/c1-8-4-5-11(19(21)22)10(6-8)13(20)18(3)7-9(2)12-14-16-17-15-12/h4-6,9H,7H2,1-3H3,(H,14,15,16,17)/t9-/m0/s1. The summed E-state index contributed by atoms with van der Waals surface area (Å²) in [7, 11) is 1.59. The number of carbonyl (C=O) groups is 1. The molecule has 2 rings (SSSR count). The van der Waals surface area contributed by atoms with Gasteiger partial charge >= 0.3 is 0 Å². The number of rotatable bonds is 5. The Balaban J connectivity index is 2.20. The van der Waals surface area contributed by atoms with Gasteiger partial charge in [0.1, 0.15) is 5.56 Å². The highest BCUT2D eigenvalue weighted by molar-refractivity contribution is 5.98. The van der Waals surface area contributed by atoms with E-state index in [1.54, 1.807) is 20.0 Å². The van der Waals surface area contributed by atoms with Crippen molar-refractivity contribution in [2.45, 2.75) is 19.8 Å². The van der Waals surface area contributed by atoms with Crippen molar-refractivity contribution in [2.24, 2.45) is 0 Å². The smallest absolute Gasteiger partial charge is 0.282 e. The SMILES string of the molecule is Cc1ccc([N+](=O)[O-])c(C(=O)N(C)C[C@H](C)c2nn[nH]n2)c1. The number of hydrogen-bond donors (Lipinski definition) is 1. The van der Waals surface area contributed by atoms with E-state index in [0.717, 1.165) is 5.56 Å². The van der Waals surface area contributed by atoms with E-state index in [-0.39, 0.29) is 17.2 Å². The lowest BCUT2D eigenvalue weighted by atomic mass is 10.1. The summed E-state index contributed by atoms with van der Waals surface area (Å²) >= 11 is 0. The molecule has 1 atom stereocenters. The number of aromatic amines is 1. The first-order chi connectivity index (χ1) is 10.4. The molecule has 1 aromatic carbocycles. The Morgan fingerprint density at radius 2 is 2.23 bits per heavy atom. The van der Waals surface area contributed by atoms with Crippen molar-refractivity contribution in [1.82, 2.24) is 25.5 Å². The molecule has 0 saturated heterocycles. The molecule has 0 bridgehead atoms. The van der Waals surface area contributed by atoms with Gasteiger partial charge in [0.2, 0.25) is 0 Å². The molecule has 1 amide bonds. The molecule has 0 fully saturated rings. The van der Waals surface area contributed by atoms with E-state index in [9.17, 15) is 14.9 Å². The van der Waals surface area contributed by atoms with Crippen LogP contribution in [0.15, 0.2) is 18.2 Å². The van der Waals surface area contributed by atoms with Gasteiger partial charge in [-0.2, -0.15) is 5.21 Å². The quantitative estimate of drug-likeness (QED) is 0.657. The molecule has 2 aromatic rings. The van der Waals surface area contributed by atoms with E-state index in [4.69, 9.17) is 0 Å². The zero-order valence-corrected chi connectivity index (χ0v) is 12.5. The predicted octanol–water partition coefficient (Wildman–Crippen LogP) is 1.29. The predicted molar refractivity (Wildman–Crippen MR) is 77.4 cm³/mol. The summed E-state index contributed by atoms with van der Waals surface area (Å²) in [6.45, 7) is 3.95. The van der Waals surface area contributed by atoms with Crippen molar-refractivity contribution in [3.63, 3.8) is 0 Å². The number of likely N-dealkylation sites (N-methyl/N-ethyl adjacent to an activating group) is 1. The molecule has 1 heterocycles. The molecule has 0 saturated carbocycles. The van der Waals surface area contributed by atoms with Crippen LogP contribution in [0.1, 0.15) is 34.6 Å². The third-order valence-electron chi connectivity index (χ3n) is 3.28. The Hall–Kier alpha value is -2.84. The van der Waals surface area contributed by atoms with Crippen LogP contribution in [-0.4, -0.2) is 49.9 Å². The van der Waals surface area contributed by atoms with Gasteiger partial charge < -0.3 is 4.90 Å². The van der Waals surface area contributed by atoms with E-state index < -0.39 is 10.8 Å². The van der Waals surface area contributed by atoms with Gasteiger partial charge in [0.15, 0.2) is 5.82 Å². The first-order valence-corrected chi connectivity index (χ1v) is 6.64. The topological polar surface area (TPSA) is 118 Å². The Bertz CT molecular complexity index is 685. The molecule has 1 aromatic heterocycles. The van der Waals surface area contributed by atoms with Crippen LogP contribution in [0, 0.1) is 17.0 Å². The van der Waals surface area contributed by atoms with Gasteiger partial charge in [-0.05, 0) is 18.6 Å². The number of amides is 1. The summed E-state index contributed by atoms with van der Waals surface area (Å²) in [5.74, 6) is -0.0688. The number of tetrazole rings is 1. The highest BCUT2D eigenvalue weighted by Crippen LogP contribution is 2.22. The first kappa shape index (κ1) is 15.5. The zero-order valence-electron chi connectivity index (χ0n) is 12.5.